The van der Waals surface area contributed by atoms with Crippen molar-refractivity contribution in [1.29, 1.82) is 0 Å². The van der Waals surface area contributed by atoms with Crippen LogP contribution in [0, 0.1) is 0 Å². The van der Waals surface area contributed by atoms with Gasteiger partial charge in [-0.3, -0.25) is 9.69 Å². The van der Waals surface area contributed by atoms with Crippen molar-refractivity contribution in [3.05, 3.63) is 35.9 Å². The van der Waals surface area contributed by atoms with Gasteiger partial charge in [-0.2, -0.15) is 0 Å². The summed E-state index contributed by atoms with van der Waals surface area (Å²) in [7, 11) is 1.63. The number of hydrogen-bond acceptors (Lipinski definition) is 4. The highest BCUT2D eigenvalue weighted by atomic mass is 16.5. The van der Waals surface area contributed by atoms with Crippen LogP contribution in [0.3, 0.4) is 0 Å². The Morgan fingerprint density at radius 2 is 1.88 bits per heavy atom. The van der Waals surface area contributed by atoms with Gasteiger partial charge in [0, 0.05) is 31.8 Å². The predicted molar refractivity (Wildman–Crippen MR) is 97.2 cm³/mol. The van der Waals surface area contributed by atoms with Gasteiger partial charge in [-0.15, -0.1) is 0 Å². The Bertz CT molecular complexity index is 537. The van der Waals surface area contributed by atoms with E-state index >= 15 is 0 Å². The van der Waals surface area contributed by atoms with Crippen molar-refractivity contribution in [3.63, 3.8) is 0 Å². The smallest absolute Gasteiger partial charge is 0.249 e. The lowest BCUT2D eigenvalue weighted by Gasteiger charge is -2.39. The molecule has 1 amide bonds. The van der Waals surface area contributed by atoms with Gasteiger partial charge in [0.05, 0.1) is 13.2 Å². The Kier molecular flexibility index (Phi) is 6.45. The first kappa shape index (κ1) is 18.4. The molecule has 2 fully saturated rings. The Morgan fingerprint density at radius 1 is 1.20 bits per heavy atom. The molecule has 3 atom stereocenters. The molecule has 2 saturated heterocycles. The molecule has 138 valence electrons. The maximum atomic E-state index is 12.3. The van der Waals surface area contributed by atoms with E-state index in [4.69, 9.17) is 9.47 Å². The standard InChI is InChI=1S/C20H30N2O3/c1-15(25-11-10-24-2)20(23)21-17-12-18-8-9-19(13-17)22(18)14-16-6-4-3-5-7-16/h3-7,15,17-19H,8-14H2,1-2H3,(H,21,23). The molecule has 5 nitrogen and oxygen atoms in total. The number of carbonyl (C=O) groups is 1. The van der Waals surface area contributed by atoms with Crippen molar-refractivity contribution in [2.75, 3.05) is 20.3 Å². The summed E-state index contributed by atoms with van der Waals surface area (Å²) in [5.74, 6) is -0.00277. The summed E-state index contributed by atoms with van der Waals surface area (Å²) in [5.41, 5.74) is 1.38. The highest BCUT2D eigenvalue weighted by Gasteiger charge is 2.41. The fraction of sp³-hybridized carbons (Fsp3) is 0.650. The van der Waals surface area contributed by atoms with Gasteiger partial charge in [-0.1, -0.05) is 30.3 Å². The van der Waals surface area contributed by atoms with E-state index in [0.29, 0.717) is 25.3 Å². The van der Waals surface area contributed by atoms with Crippen LogP contribution in [-0.4, -0.2) is 55.4 Å². The zero-order valence-electron chi connectivity index (χ0n) is 15.3. The van der Waals surface area contributed by atoms with Gasteiger partial charge in [0.15, 0.2) is 0 Å². The summed E-state index contributed by atoms with van der Waals surface area (Å²) in [5, 5.41) is 3.20. The second-order valence-electron chi connectivity index (χ2n) is 7.23. The fourth-order valence-electron chi connectivity index (χ4n) is 4.15. The summed E-state index contributed by atoms with van der Waals surface area (Å²) in [6, 6.07) is 12.1. The Hall–Kier alpha value is -1.43. The van der Waals surface area contributed by atoms with Gasteiger partial charge < -0.3 is 14.8 Å². The first-order valence-electron chi connectivity index (χ1n) is 9.38. The summed E-state index contributed by atoms with van der Waals surface area (Å²) >= 11 is 0. The van der Waals surface area contributed by atoms with Crippen LogP contribution in [-0.2, 0) is 20.8 Å². The molecule has 0 aromatic heterocycles. The van der Waals surface area contributed by atoms with Gasteiger partial charge in [0.1, 0.15) is 6.10 Å². The van der Waals surface area contributed by atoms with Crippen molar-refractivity contribution in [2.45, 2.75) is 63.4 Å². The number of amides is 1. The number of piperidine rings is 1. The second-order valence-corrected chi connectivity index (χ2v) is 7.23. The molecule has 0 spiro atoms. The number of hydrogen-bond donors (Lipinski definition) is 1. The first-order valence-corrected chi connectivity index (χ1v) is 9.38. The summed E-state index contributed by atoms with van der Waals surface area (Å²) < 4.78 is 10.5. The van der Waals surface area contributed by atoms with E-state index in [-0.39, 0.29) is 11.9 Å². The van der Waals surface area contributed by atoms with Crippen LogP contribution < -0.4 is 5.32 Å². The molecule has 1 aromatic carbocycles. The van der Waals surface area contributed by atoms with Gasteiger partial charge in [0.2, 0.25) is 5.91 Å². The highest BCUT2D eigenvalue weighted by Crippen LogP contribution is 2.36. The number of carbonyl (C=O) groups excluding carboxylic acids is 1. The molecule has 1 aromatic rings. The molecule has 0 radical (unpaired) electrons. The SMILES string of the molecule is COCCOC(C)C(=O)NC1CC2CCC(C1)N2Cc1ccccc1. The van der Waals surface area contributed by atoms with Crippen molar-refractivity contribution >= 4 is 5.91 Å². The summed E-state index contributed by atoms with van der Waals surface area (Å²) in [6.45, 7) is 3.79. The maximum absolute atomic E-state index is 12.3. The minimum absolute atomic E-state index is 0.00277. The van der Waals surface area contributed by atoms with Crippen LogP contribution in [0.5, 0.6) is 0 Å². The summed E-state index contributed by atoms with van der Waals surface area (Å²) in [6.07, 6.45) is 4.14. The quantitative estimate of drug-likeness (QED) is 0.734. The molecule has 2 aliphatic heterocycles. The first-order chi connectivity index (χ1) is 12.2. The average Bonchev–Trinajstić information content (AvgIpc) is 2.85. The number of rotatable bonds is 8. The van der Waals surface area contributed by atoms with Crippen LogP contribution >= 0.6 is 0 Å². The molecule has 2 aliphatic rings. The number of fused-ring (bicyclic) bond motifs is 2. The van der Waals surface area contributed by atoms with E-state index in [9.17, 15) is 4.79 Å². The third kappa shape index (κ3) is 4.81. The van der Waals surface area contributed by atoms with E-state index in [0.717, 1.165) is 19.4 Å². The Balaban J connectivity index is 1.49. The number of nitrogens with one attached hydrogen (secondary N) is 1. The lowest BCUT2D eigenvalue weighted by Crippen LogP contribution is -2.51. The number of methoxy groups -OCH3 is 1. The zero-order chi connectivity index (χ0) is 17.6. The monoisotopic (exact) mass is 346 g/mol. The normalized spacial score (nSPS) is 27.2. The molecular weight excluding hydrogens is 316 g/mol. The molecule has 0 aliphatic carbocycles. The predicted octanol–water partition coefficient (Wildman–Crippen LogP) is 2.35. The Labute approximate surface area is 150 Å². The molecule has 25 heavy (non-hydrogen) atoms. The van der Waals surface area contributed by atoms with Crippen LogP contribution in [0.4, 0.5) is 0 Å². The van der Waals surface area contributed by atoms with Gasteiger partial charge in [-0.25, -0.2) is 0 Å². The van der Waals surface area contributed by atoms with Crippen LogP contribution in [0.2, 0.25) is 0 Å². The molecular formula is C20H30N2O3. The minimum atomic E-state index is -0.421. The number of benzene rings is 1. The van der Waals surface area contributed by atoms with Crippen LogP contribution in [0.25, 0.3) is 0 Å². The van der Waals surface area contributed by atoms with Gasteiger partial charge in [-0.05, 0) is 38.2 Å². The van der Waals surface area contributed by atoms with Crippen molar-refractivity contribution in [2.24, 2.45) is 0 Å². The van der Waals surface area contributed by atoms with Gasteiger partial charge in [0.25, 0.3) is 0 Å². The van der Waals surface area contributed by atoms with Crippen LogP contribution in [0.15, 0.2) is 30.3 Å². The van der Waals surface area contributed by atoms with E-state index in [2.05, 4.69) is 40.5 Å². The average molecular weight is 346 g/mol. The lowest BCUT2D eigenvalue weighted by molar-refractivity contribution is -0.133. The van der Waals surface area contributed by atoms with E-state index < -0.39 is 6.10 Å². The Morgan fingerprint density at radius 3 is 2.52 bits per heavy atom. The molecule has 2 heterocycles. The molecule has 2 bridgehead atoms. The number of ether oxygens (including phenoxy) is 2. The van der Waals surface area contributed by atoms with Crippen molar-refractivity contribution in [1.82, 2.24) is 10.2 Å². The summed E-state index contributed by atoms with van der Waals surface area (Å²) in [4.78, 5) is 15.0. The van der Waals surface area contributed by atoms with Crippen molar-refractivity contribution in [3.8, 4) is 0 Å². The zero-order valence-corrected chi connectivity index (χ0v) is 15.3. The lowest BCUT2D eigenvalue weighted by atomic mass is 9.96. The van der Waals surface area contributed by atoms with E-state index in [1.54, 1.807) is 7.11 Å². The third-order valence-electron chi connectivity index (χ3n) is 5.46. The molecule has 0 saturated carbocycles. The largest absolute Gasteiger partial charge is 0.382 e. The topological polar surface area (TPSA) is 50.8 Å². The van der Waals surface area contributed by atoms with Crippen molar-refractivity contribution < 1.29 is 14.3 Å². The van der Waals surface area contributed by atoms with E-state index in [1.807, 2.05) is 6.92 Å². The fourth-order valence-corrected chi connectivity index (χ4v) is 4.15. The minimum Gasteiger partial charge on any atom is -0.382 e. The highest BCUT2D eigenvalue weighted by molar-refractivity contribution is 5.80. The number of nitrogens with zero attached hydrogens (tertiary/aromatic N) is 1. The molecule has 3 rings (SSSR count). The molecule has 5 heteroatoms. The molecule has 3 unspecified atom stereocenters. The van der Waals surface area contributed by atoms with Gasteiger partial charge >= 0.3 is 0 Å². The molecule has 1 N–H and O–H groups in total. The van der Waals surface area contributed by atoms with E-state index in [1.165, 1.54) is 18.4 Å². The second kappa shape index (κ2) is 8.79. The maximum Gasteiger partial charge on any atom is 0.249 e. The third-order valence-corrected chi connectivity index (χ3v) is 5.46. The van der Waals surface area contributed by atoms with Crippen LogP contribution in [0.1, 0.15) is 38.2 Å².